The van der Waals surface area contributed by atoms with Gasteiger partial charge < -0.3 is 14.6 Å². The molecule has 1 N–H and O–H groups in total. The van der Waals surface area contributed by atoms with Crippen molar-refractivity contribution in [3.8, 4) is 17.1 Å². The van der Waals surface area contributed by atoms with Crippen molar-refractivity contribution in [2.45, 2.75) is 58.2 Å². The molecule has 1 aliphatic rings. The lowest BCUT2D eigenvalue weighted by Gasteiger charge is -2.19. The molecule has 4 rings (SSSR count). The van der Waals surface area contributed by atoms with Gasteiger partial charge in [0.1, 0.15) is 5.75 Å². The van der Waals surface area contributed by atoms with Gasteiger partial charge in [-0.15, -0.1) is 21.5 Å². The number of benzene rings is 1. The zero-order valence-corrected chi connectivity index (χ0v) is 20.5. The van der Waals surface area contributed by atoms with Gasteiger partial charge in [-0.1, -0.05) is 25.6 Å². The zero-order chi connectivity index (χ0) is 22.5. The Hall–Kier alpha value is -2.32. The largest absolute Gasteiger partial charge is 0.494 e. The molecular weight excluding hydrogens is 440 g/mol. The van der Waals surface area contributed by atoms with Crippen LogP contribution in [-0.2, 0) is 24.2 Å². The second kappa shape index (κ2) is 10.5. The van der Waals surface area contributed by atoms with E-state index in [2.05, 4.69) is 39.3 Å². The van der Waals surface area contributed by atoms with Crippen LogP contribution in [0.2, 0.25) is 0 Å². The molecule has 0 saturated heterocycles. The number of thioether (sulfide) groups is 1. The Morgan fingerprint density at radius 1 is 1.28 bits per heavy atom. The summed E-state index contributed by atoms with van der Waals surface area (Å²) < 4.78 is 7.62. The van der Waals surface area contributed by atoms with Crippen LogP contribution in [-0.4, -0.2) is 33.0 Å². The van der Waals surface area contributed by atoms with Crippen LogP contribution in [0.1, 0.15) is 44.1 Å². The van der Waals surface area contributed by atoms with Crippen molar-refractivity contribution in [1.29, 1.82) is 0 Å². The summed E-state index contributed by atoms with van der Waals surface area (Å²) in [6.07, 6.45) is 4.49. The standard InChI is InChI=1S/C24H30N4O2S2/c1-4-12-28-23(20-14-31-21-13-16(3)6-11-19(20)21)26-27-24(28)32-15-22(29)25-17-7-9-18(10-8-17)30-5-2/h7-10,14,16H,4-6,11-13,15H2,1-3H3,(H,25,29). The van der Waals surface area contributed by atoms with E-state index < -0.39 is 0 Å². The lowest BCUT2D eigenvalue weighted by atomic mass is 9.88. The summed E-state index contributed by atoms with van der Waals surface area (Å²) in [5.74, 6) is 2.71. The highest BCUT2D eigenvalue weighted by Crippen LogP contribution is 2.38. The first-order chi connectivity index (χ1) is 15.6. The molecule has 0 bridgehead atoms. The number of nitrogens with one attached hydrogen (secondary N) is 1. The smallest absolute Gasteiger partial charge is 0.234 e. The second-order valence-corrected chi connectivity index (χ2v) is 10.1. The number of aromatic nitrogens is 3. The Balaban J connectivity index is 1.44. The molecule has 0 saturated carbocycles. The fourth-order valence-corrected chi connectivity index (χ4v) is 6.02. The summed E-state index contributed by atoms with van der Waals surface area (Å²) in [5, 5.41) is 15.0. The number of carbonyl (C=O) groups is 1. The summed E-state index contributed by atoms with van der Waals surface area (Å²) in [6, 6.07) is 7.43. The number of carbonyl (C=O) groups excluding carboxylic acids is 1. The maximum atomic E-state index is 12.5. The molecule has 3 aromatic rings. The van der Waals surface area contributed by atoms with Gasteiger partial charge in [-0.25, -0.2) is 0 Å². The Morgan fingerprint density at radius 3 is 2.84 bits per heavy atom. The van der Waals surface area contributed by atoms with E-state index in [4.69, 9.17) is 4.74 Å². The van der Waals surface area contributed by atoms with Crippen molar-refractivity contribution in [1.82, 2.24) is 14.8 Å². The van der Waals surface area contributed by atoms with Crippen LogP contribution in [0.4, 0.5) is 5.69 Å². The van der Waals surface area contributed by atoms with Gasteiger partial charge in [-0.2, -0.15) is 0 Å². The minimum Gasteiger partial charge on any atom is -0.494 e. The number of fused-ring (bicyclic) bond motifs is 1. The number of anilines is 1. The molecule has 1 unspecified atom stereocenters. The van der Waals surface area contributed by atoms with E-state index in [-0.39, 0.29) is 11.7 Å². The number of hydrogen-bond acceptors (Lipinski definition) is 6. The highest BCUT2D eigenvalue weighted by atomic mass is 32.2. The molecule has 0 fully saturated rings. The first-order valence-electron chi connectivity index (χ1n) is 11.3. The highest BCUT2D eigenvalue weighted by molar-refractivity contribution is 7.99. The van der Waals surface area contributed by atoms with Crippen molar-refractivity contribution in [2.75, 3.05) is 17.7 Å². The van der Waals surface area contributed by atoms with Crippen LogP contribution in [0, 0.1) is 5.92 Å². The van der Waals surface area contributed by atoms with Gasteiger partial charge in [-0.05, 0) is 68.4 Å². The van der Waals surface area contributed by atoms with E-state index in [1.165, 1.54) is 34.2 Å². The fourth-order valence-electron chi connectivity index (χ4n) is 4.01. The SMILES string of the molecule is CCCn1c(SCC(=O)Nc2ccc(OCC)cc2)nnc1-c1csc2c1CCC(C)C2. The van der Waals surface area contributed by atoms with Gasteiger partial charge in [0.15, 0.2) is 11.0 Å². The Bertz CT molecular complexity index is 1060. The number of amides is 1. The van der Waals surface area contributed by atoms with E-state index in [1.807, 2.05) is 42.5 Å². The molecular formula is C24H30N4O2S2. The van der Waals surface area contributed by atoms with Crippen LogP contribution in [0.3, 0.4) is 0 Å². The number of rotatable bonds is 9. The third kappa shape index (κ3) is 5.18. The maximum absolute atomic E-state index is 12.5. The summed E-state index contributed by atoms with van der Waals surface area (Å²) in [5.41, 5.74) is 3.43. The van der Waals surface area contributed by atoms with Gasteiger partial charge in [0.2, 0.25) is 5.91 Å². The van der Waals surface area contributed by atoms with Gasteiger partial charge >= 0.3 is 0 Å². The van der Waals surface area contributed by atoms with Crippen LogP contribution in [0.5, 0.6) is 5.75 Å². The Kier molecular flexibility index (Phi) is 7.52. The average molecular weight is 471 g/mol. The van der Waals surface area contributed by atoms with Crippen LogP contribution >= 0.6 is 23.1 Å². The third-order valence-corrected chi connectivity index (χ3v) is 7.61. The minimum atomic E-state index is -0.0614. The van der Waals surface area contributed by atoms with Crippen molar-refractivity contribution in [3.05, 3.63) is 40.1 Å². The molecule has 1 aliphatic carbocycles. The van der Waals surface area contributed by atoms with Crippen LogP contribution < -0.4 is 10.1 Å². The lowest BCUT2D eigenvalue weighted by molar-refractivity contribution is -0.113. The summed E-state index contributed by atoms with van der Waals surface area (Å²) in [7, 11) is 0. The van der Waals surface area contributed by atoms with Gasteiger partial charge in [0, 0.05) is 28.1 Å². The zero-order valence-electron chi connectivity index (χ0n) is 18.9. The molecule has 0 radical (unpaired) electrons. The van der Waals surface area contributed by atoms with Crippen molar-refractivity contribution in [3.63, 3.8) is 0 Å². The number of ether oxygens (including phenoxy) is 1. The molecule has 1 aromatic carbocycles. The van der Waals surface area contributed by atoms with Crippen molar-refractivity contribution < 1.29 is 9.53 Å². The van der Waals surface area contributed by atoms with Crippen molar-refractivity contribution in [2.24, 2.45) is 5.92 Å². The maximum Gasteiger partial charge on any atom is 0.234 e. The van der Waals surface area contributed by atoms with Crippen molar-refractivity contribution >= 4 is 34.7 Å². The monoisotopic (exact) mass is 470 g/mol. The van der Waals surface area contributed by atoms with E-state index in [0.29, 0.717) is 6.61 Å². The van der Waals surface area contributed by atoms with Gasteiger partial charge in [0.25, 0.3) is 0 Å². The van der Waals surface area contributed by atoms with E-state index in [1.54, 1.807) is 0 Å². The first-order valence-corrected chi connectivity index (χ1v) is 13.1. The summed E-state index contributed by atoms with van der Waals surface area (Å²) in [4.78, 5) is 14.0. The third-order valence-electron chi connectivity index (χ3n) is 5.59. The van der Waals surface area contributed by atoms with E-state index in [0.717, 1.165) is 54.1 Å². The molecule has 170 valence electrons. The average Bonchev–Trinajstić information content (AvgIpc) is 3.37. The lowest BCUT2D eigenvalue weighted by Crippen LogP contribution is -2.14. The van der Waals surface area contributed by atoms with Gasteiger partial charge in [-0.3, -0.25) is 4.79 Å². The number of hydrogen-bond donors (Lipinski definition) is 1. The Labute approximate surface area is 197 Å². The van der Waals surface area contributed by atoms with Gasteiger partial charge in [0.05, 0.1) is 12.4 Å². The summed E-state index contributed by atoms with van der Waals surface area (Å²) >= 11 is 3.29. The predicted molar refractivity (Wildman–Crippen MR) is 132 cm³/mol. The topological polar surface area (TPSA) is 69.0 Å². The number of thiophene rings is 1. The van der Waals surface area contributed by atoms with E-state index >= 15 is 0 Å². The fraction of sp³-hybridized carbons (Fsp3) is 0.458. The Morgan fingerprint density at radius 2 is 2.09 bits per heavy atom. The second-order valence-electron chi connectivity index (χ2n) is 8.15. The predicted octanol–water partition coefficient (Wildman–Crippen LogP) is 5.67. The molecule has 0 spiro atoms. The molecule has 0 aliphatic heterocycles. The molecule has 8 heteroatoms. The molecule has 2 heterocycles. The van der Waals surface area contributed by atoms with E-state index in [9.17, 15) is 4.79 Å². The molecule has 1 atom stereocenters. The quantitative estimate of drug-likeness (QED) is 0.408. The normalized spacial score (nSPS) is 15.4. The summed E-state index contributed by atoms with van der Waals surface area (Å²) in [6.45, 7) is 7.89. The molecule has 2 aromatic heterocycles. The van der Waals surface area contributed by atoms with Crippen LogP contribution in [0.15, 0.2) is 34.8 Å². The highest BCUT2D eigenvalue weighted by Gasteiger charge is 2.24. The first kappa shape index (κ1) is 22.9. The molecule has 6 nitrogen and oxygen atoms in total. The number of nitrogens with zero attached hydrogens (tertiary/aromatic N) is 3. The minimum absolute atomic E-state index is 0.0614. The molecule has 32 heavy (non-hydrogen) atoms. The molecule has 1 amide bonds. The van der Waals surface area contributed by atoms with Crippen LogP contribution in [0.25, 0.3) is 11.4 Å².